The van der Waals surface area contributed by atoms with Crippen molar-refractivity contribution in [2.24, 2.45) is 0 Å². The number of benzene rings is 2. The largest absolute Gasteiger partial charge is 0.423 e. The highest BCUT2D eigenvalue weighted by Crippen LogP contribution is 2.27. The van der Waals surface area contributed by atoms with Gasteiger partial charge in [-0.25, -0.2) is 13.2 Å². The lowest BCUT2D eigenvalue weighted by Crippen LogP contribution is -2.12. The molecule has 0 aliphatic heterocycles. The summed E-state index contributed by atoms with van der Waals surface area (Å²) in [6, 6.07) is 8.16. The summed E-state index contributed by atoms with van der Waals surface area (Å²) in [6.07, 6.45) is 0. The first-order chi connectivity index (χ1) is 10.7. The lowest BCUT2D eigenvalue weighted by molar-refractivity contribution is 0.0734. The molecule has 0 spiro atoms. The summed E-state index contributed by atoms with van der Waals surface area (Å²) in [6.45, 7) is 0. The van der Waals surface area contributed by atoms with Crippen LogP contribution in [0.2, 0.25) is 10.0 Å². The average molecular weight is 381 g/mol. The van der Waals surface area contributed by atoms with Gasteiger partial charge < -0.3 is 4.74 Å². The molecule has 2 aromatic carbocycles. The van der Waals surface area contributed by atoms with E-state index in [1.165, 1.54) is 18.2 Å². The number of carbonyl (C=O) groups excluding carboxylic acids is 1. The molecule has 4 nitrogen and oxygen atoms in total. The minimum absolute atomic E-state index is 0.00992. The SMILES string of the molecule is O=C(Oc1ccc(Cl)c(Cl)c1)c1ccc(S(=O)(=O)C(F)F)cc1. The highest BCUT2D eigenvalue weighted by atomic mass is 35.5. The molecule has 0 aliphatic carbocycles. The third-order valence-electron chi connectivity index (χ3n) is 2.75. The fourth-order valence-corrected chi connectivity index (χ4v) is 2.60. The van der Waals surface area contributed by atoms with Gasteiger partial charge in [0.1, 0.15) is 5.75 Å². The summed E-state index contributed by atoms with van der Waals surface area (Å²) in [5.41, 5.74) is -0.00992. The van der Waals surface area contributed by atoms with Crippen molar-refractivity contribution >= 4 is 39.0 Å². The predicted octanol–water partition coefficient (Wildman–Crippen LogP) is 4.21. The van der Waals surface area contributed by atoms with Gasteiger partial charge in [-0.15, -0.1) is 0 Å². The van der Waals surface area contributed by atoms with Gasteiger partial charge >= 0.3 is 11.7 Å². The van der Waals surface area contributed by atoms with Gasteiger partial charge in [-0.1, -0.05) is 23.2 Å². The summed E-state index contributed by atoms with van der Waals surface area (Å²) in [4.78, 5) is 11.3. The maximum Gasteiger partial charge on any atom is 0.343 e. The van der Waals surface area contributed by atoms with Crippen molar-refractivity contribution in [3.05, 3.63) is 58.1 Å². The molecule has 2 rings (SSSR count). The Morgan fingerprint density at radius 1 is 1.00 bits per heavy atom. The van der Waals surface area contributed by atoms with Crippen LogP contribution in [0, 0.1) is 0 Å². The topological polar surface area (TPSA) is 60.4 Å². The third-order valence-corrected chi connectivity index (χ3v) is 4.89. The van der Waals surface area contributed by atoms with Crippen LogP contribution in [0.25, 0.3) is 0 Å². The lowest BCUT2D eigenvalue weighted by Gasteiger charge is -2.07. The first-order valence-electron chi connectivity index (χ1n) is 6.01. The molecule has 0 atom stereocenters. The van der Waals surface area contributed by atoms with Crippen LogP contribution in [-0.2, 0) is 9.84 Å². The van der Waals surface area contributed by atoms with E-state index in [-0.39, 0.29) is 21.4 Å². The molecule has 0 fully saturated rings. The van der Waals surface area contributed by atoms with E-state index in [9.17, 15) is 22.0 Å². The summed E-state index contributed by atoms with van der Waals surface area (Å²) >= 11 is 11.5. The van der Waals surface area contributed by atoms with Crippen LogP contribution in [0.4, 0.5) is 8.78 Å². The van der Waals surface area contributed by atoms with Crippen molar-refractivity contribution in [2.45, 2.75) is 10.7 Å². The third kappa shape index (κ3) is 3.99. The Balaban J connectivity index is 2.19. The van der Waals surface area contributed by atoms with E-state index in [0.717, 1.165) is 24.3 Å². The fourth-order valence-electron chi connectivity index (χ4n) is 1.59. The number of hydrogen-bond donors (Lipinski definition) is 0. The molecule has 23 heavy (non-hydrogen) atoms. The zero-order valence-corrected chi connectivity index (χ0v) is 13.5. The second-order valence-corrected chi connectivity index (χ2v) is 7.03. The van der Waals surface area contributed by atoms with Crippen molar-refractivity contribution in [2.75, 3.05) is 0 Å². The van der Waals surface area contributed by atoms with Gasteiger partial charge in [-0.3, -0.25) is 0 Å². The number of ether oxygens (including phenoxy) is 1. The van der Waals surface area contributed by atoms with E-state index in [0.29, 0.717) is 0 Å². The number of rotatable bonds is 4. The molecule has 9 heteroatoms. The van der Waals surface area contributed by atoms with E-state index in [4.69, 9.17) is 27.9 Å². The number of carbonyl (C=O) groups is 1. The molecule has 0 bridgehead atoms. The van der Waals surface area contributed by atoms with Crippen LogP contribution < -0.4 is 4.74 Å². The standard InChI is InChI=1S/C14H8Cl2F2O4S/c15-11-6-3-9(7-12(11)16)22-13(19)8-1-4-10(5-2-8)23(20,21)14(17)18/h1-7,14H. The molecule has 0 unspecified atom stereocenters. The van der Waals surface area contributed by atoms with Gasteiger partial charge in [0.25, 0.3) is 0 Å². The molecule has 2 aromatic rings. The van der Waals surface area contributed by atoms with Crippen LogP contribution in [0.5, 0.6) is 5.75 Å². The average Bonchev–Trinajstić information content (AvgIpc) is 2.51. The van der Waals surface area contributed by atoms with Crippen molar-refractivity contribution in [3.63, 3.8) is 0 Å². The Morgan fingerprint density at radius 3 is 2.13 bits per heavy atom. The zero-order chi connectivity index (χ0) is 17.2. The van der Waals surface area contributed by atoms with Gasteiger partial charge in [0, 0.05) is 6.07 Å². The number of sulfone groups is 1. The first-order valence-corrected chi connectivity index (χ1v) is 8.31. The zero-order valence-electron chi connectivity index (χ0n) is 11.2. The highest BCUT2D eigenvalue weighted by Gasteiger charge is 2.26. The second-order valence-electron chi connectivity index (χ2n) is 4.30. The Labute approximate surface area is 140 Å². The molecular formula is C14H8Cl2F2O4S. The molecule has 0 heterocycles. The van der Waals surface area contributed by atoms with E-state index < -0.39 is 26.5 Å². The van der Waals surface area contributed by atoms with Crippen LogP contribution in [0.3, 0.4) is 0 Å². The minimum atomic E-state index is -4.71. The number of halogens is 4. The Hall–Kier alpha value is -1.70. The van der Waals surface area contributed by atoms with Crippen LogP contribution in [-0.4, -0.2) is 20.1 Å². The number of esters is 1. The molecule has 0 N–H and O–H groups in total. The first kappa shape index (κ1) is 17.7. The van der Waals surface area contributed by atoms with Crippen molar-refractivity contribution < 1.29 is 26.7 Å². The molecule has 0 saturated heterocycles. The molecule has 122 valence electrons. The van der Waals surface area contributed by atoms with Crippen molar-refractivity contribution in [3.8, 4) is 5.75 Å². The van der Waals surface area contributed by atoms with Gasteiger partial charge in [0.2, 0.25) is 9.84 Å². The summed E-state index contributed by atoms with van der Waals surface area (Å²) in [5.74, 6) is -4.20. The van der Waals surface area contributed by atoms with E-state index >= 15 is 0 Å². The summed E-state index contributed by atoms with van der Waals surface area (Å²) in [7, 11) is -4.71. The monoisotopic (exact) mass is 380 g/mol. The maximum atomic E-state index is 12.4. The molecular weight excluding hydrogens is 373 g/mol. The van der Waals surface area contributed by atoms with E-state index in [1.807, 2.05) is 0 Å². The number of hydrogen-bond acceptors (Lipinski definition) is 4. The van der Waals surface area contributed by atoms with E-state index in [1.54, 1.807) is 0 Å². The van der Waals surface area contributed by atoms with Crippen LogP contribution >= 0.6 is 23.2 Å². The molecule has 0 radical (unpaired) electrons. The van der Waals surface area contributed by atoms with Crippen molar-refractivity contribution in [1.29, 1.82) is 0 Å². The second kappa shape index (κ2) is 6.82. The Bertz CT molecular complexity index is 836. The maximum absolute atomic E-state index is 12.4. The molecule has 0 amide bonds. The van der Waals surface area contributed by atoms with Gasteiger partial charge in [-0.05, 0) is 36.4 Å². The quantitative estimate of drug-likeness (QED) is 0.588. The Kier molecular flexibility index (Phi) is 5.23. The molecule has 0 aliphatic rings. The molecule has 0 saturated carbocycles. The Morgan fingerprint density at radius 2 is 1.61 bits per heavy atom. The predicted molar refractivity (Wildman–Crippen MR) is 81.1 cm³/mol. The highest BCUT2D eigenvalue weighted by molar-refractivity contribution is 7.91. The van der Waals surface area contributed by atoms with Crippen LogP contribution in [0.15, 0.2) is 47.4 Å². The van der Waals surface area contributed by atoms with Gasteiger partial charge in [0.05, 0.1) is 20.5 Å². The van der Waals surface area contributed by atoms with E-state index in [2.05, 4.69) is 0 Å². The van der Waals surface area contributed by atoms with Crippen molar-refractivity contribution in [1.82, 2.24) is 0 Å². The minimum Gasteiger partial charge on any atom is -0.423 e. The summed E-state index contributed by atoms with van der Waals surface area (Å²) < 4.78 is 52.4. The lowest BCUT2D eigenvalue weighted by atomic mass is 10.2. The molecule has 0 aromatic heterocycles. The number of alkyl halides is 2. The summed E-state index contributed by atoms with van der Waals surface area (Å²) in [5, 5.41) is 0.475. The van der Waals surface area contributed by atoms with Gasteiger partial charge in [-0.2, -0.15) is 8.78 Å². The van der Waals surface area contributed by atoms with Gasteiger partial charge in [0.15, 0.2) is 0 Å². The normalized spacial score (nSPS) is 11.5. The fraction of sp³-hybridized carbons (Fsp3) is 0.0714. The smallest absolute Gasteiger partial charge is 0.343 e. The van der Waals surface area contributed by atoms with Crippen LogP contribution in [0.1, 0.15) is 10.4 Å².